The number of amides is 1. The molecule has 0 bridgehead atoms. The zero-order valence-electron chi connectivity index (χ0n) is 13.7. The number of anilines is 1. The van der Waals surface area contributed by atoms with E-state index < -0.39 is 17.6 Å². The zero-order valence-corrected chi connectivity index (χ0v) is 13.7. The van der Waals surface area contributed by atoms with Crippen LogP contribution in [0.2, 0.25) is 0 Å². The van der Waals surface area contributed by atoms with E-state index in [2.05, 4.69) is 15.3 Å². The molecule has 0 saturated carbocycles. The Labute approximate surface area is 133 Å². The van der Waals surface area contributed by atoms with Gasteiger partial charge in [0.25, 0.3) is 5.91 Å². The van der Waals surface area contributed by atoms with Gasteiger partial charge in [-0.3, -0.25) is 9.79 Å². The van der Waals surface area contributed by atoms with E-state index in [0.29, 0.717) is 0 Å². The quantitative estimate of drug-likeness (QED) is 0.659. The van der Waals surface area contributed by atoms with Gasteiger partial charge in [0.2, 0.25) is 0 Å². The molecule has 1 aromatic heterocycles. The molecule has 0 radical (unpaired) electrons. The Hall–Kier alpha value is -2.18. The second-order valence-corrected chi connectivity index (χ2v) is 5.57. The molecule has 7 heteroatoms. The van der Waals surface area contributed by atoms with Crippen LogP contribution in [-0.4, -0.2) is 16.6 Å². The van der Waals surface area contributed by atoms with Crippen LogP contribution in [0.15, 0.2) is 29.0 Å². The van der Waals surface area contributed by atoms with Crippen LogP contribution in [0.1, 0.15) is 38.8 Å². The van der Waals surface area contributed by atoms with Crippen molar-refractivity contribution in [3.8, 4) is 0 Å². The van der Waals surface area contributed by atoms with Gasteiger partial charge >= 0.3 is 6.18 Å². The summed E-state index contributed by atoms with van der Waals surface area (Å²) in [4.78, 5) is 19.9. The van der Waals surface area contributed by atoms with Crippen LogP contribution in [0, 0.1) is 12.8 Å². The summed E-state index contributed by atoms with van der Waals surface area (Å²) in [7, 11) is 0. The lowest BCUT2D eigenvalue weighted by atomic mass is 10.1. The number of rotatable bonds is 4. The predicted octanol–water partition coefficient (Wildman–Crippen LogP) is 4.37. The molecule has 126 valence electrons. The van der Waals surface area contributed by atoms with E-state index >= 15 is 0 Å². The average molecular weight is 327 g/mol. The van der Waals surface area contributed by atoms with E-state index in [1.165, 1.54) is 20.0 Å². The molecule has 0 spiro atoms. The summed E-state index contributed by atoms with van der Waals surface area (Å²) in [6.07, 6.45) is -2.02. The molecule has 4 nitrogen and oxygen atoms in total. The molecule has 0 atom stereocenters. The van der Waals surface area contributed by atoms with Gasteiger partial charge < -0.3 is 5.32 Å². The topological polar surface area (TPSA) is 54.4 Å². The highest BCUT2D eigenvalue weighted by Gasteiger charge is 2.33. The Morgan fingerprint density at radius 1 is 1.35 bits per heavy atom. The van der Waals surface area contributed by atoms with Gasteiger partial charge in [0.15, 0.2) is 0 Å². The molecule has 0 aliphatic carbocycles. The van der Waals surface area contributed by atoms with Gasteiger partial charge in [-0.15, -0.1) is 0 Å². The Morgan fingerprint density at radius 3 is 2.48 bits per heavy atom. The maximum atomic E-state index is 12.8. The third-order valence-corrected chi connectivity index (χ3v) is 3.31. The van der Waals surface area contributed by atoms with Crippen molar-refractivity contribution in [3.05, 3.63) is 35.2 Å². The standard InChI is InChI=1S/C16H20F3N3O/c1-9(2)12(5)20-8-11(4)15(23)22-14-6-13(16(17,18)19)10(3)7-21-14/h6-9H,1-5H3,(H,21,22,23)/b11-8+,20-12?. The summed E-state index contributed by atoms with van der Waals surface area (Å²) >= 11 is 0. The number of pyridine rings is 1. The highest BCUT2D eigenvalue weighted by Crippen LogP contribution is 2.32. The molecule has 23 heavy (non-hydrogen) atoms. The van der Waals surface area contributed by atoms with Gasteiger partial charge in [-0.05, 0) is 38.3 Å². The number of nitrogens with zero attached hydrogens (tertiary/aromatic N) is 2. The van der Waals surface area contributed by atoms with Crippen molar-refractivity contribution >= 4 is 17.4 Å². The number of aliphatic imine (C=N–C) groups is 1. The summed E-state index contributed by atoms with van der Waals surface area (Å²) in [6.45, 7) is 8.62. The van der Waals surface area contributed by atoms with Gasteiger partial charge in [-0.25, -0.2) is 4.98 Å². The third kappa shape index (κ3) is 5.50. The molecule has 1 rings (SSSR count). The first kappa shape index (κ1) is 18.9. The maximum Gasteiger partial charge on any atom is 0.416 e. The van der Waals surface area contributed by atoms with Crippen molar-refractivity contribution < 1.29 is 18.0 Å². The number of aryl methyl sites for hydroxylation is 1. The lowest BCUT2D eigenvalue weighted by Gasteiger charge is -2.12. The summed E-state index contributed by atoms with van der Waals surface area (Å²) in [5.41, 5.74) is 0.309. The Bertz CT molecular complexity index is 646. The molecule has 1 amide bonds. The summed E-state index contributed by atoms with van der Waals surface area (Å²) in [6, 6.07) is 0.823. The van der Waals surface area contributed by atoms with E-state index in [4.69, 9.17) is 0 Å². The first-order valence-corrected chi connectivity index (χ1v) is 7.08. The van der Waals surface area contributed by atoms with Crippen molar-refractivity contribution in [2.24, 2.45) is 10.9 Å². The molecule has 0 unspecified atom stereocenters. The molecule has 0 aliphatic heterocycles. The van der Waals surface area contributed by atoms with Crippen LogP contribution in [0.3, 0.4) is 0 Å². The molecular formula is C16H20F3N3O. The Morgan fingerprint density at radius 2 is 1.96 bits per heavy atom. The van der Waals surface area contributed by atoms with Gasteiger partial charge in [0.1, 0.15) is 5.82 Å². The van der Waals surface area contributed by atoms with Crippen LogP contribution in [0.25, 0.3) is 0 Å². The number of hydrogen-bond acceptors (Lipinski definition) is 3. The predicted molar refractivity (Wildman–Crippen MR) is 84.3 cm³/mol. The molecule has 0 aromatic carbocycles. The van der Waals surface area contributed by atoms with Crippen molar-refractivity contribution in [2.75, 3.05) is 5.32 Å². The second-order valence-electron chi connectivity index (χ2n) is 5.57. The van der Waals surface area contributed by atoms with Gasteiger partial charge in [-0.1, -0.05) is 13.8 Å². The van der Waals surface area contributed by atoms with Crippen LogP contribution in [-0.2, 0) is 11.0 Å². The summed E-state index contributed by atoms with van der Waals surface area (Å²) in [5.74, 6) is -0.449. The van der Waals surface area contributed by atoms with Crippen LogP contribution < -0.4 is 5.32 Å². The van der Waals surface area contributed by atoms with Crippen LogP contribution in [0.5, 0.6) is 0 Å². The normalized spacial score (nSPS) is 13.4. The molecular weight excluding hydrogens is 307 g/mol. The van der Waals surface area contributed by atoms with Crippen molar-refractivity contribution in [1.29, 1.82) is 0 Å². The smallest absolute Gasteiger partial charge is 0.307 e. The first-order valence-electron chi connectivity index (χ1n) is 7.08. The molecule has 1 heterocycles. The van der Waals surface area contributed by atoms with E-state index in [-0.39, 0.29) is 22.9 Å². The summed E-state index contributed by atoms with van der Waals surface area (Å²) in [5, 5.41) is 2.35. The number of carbonyl (C=O) groups is 1. The second kappa shape index (κ2) is 7.39. The number of carbonyl (C=O) groups excluding carboxylic acids is 1. The van der Waals surface area contributed by atoms with Gasteiger partial charge in [0, 0.05) is 23.7 Å². The lowest BCUT2D eigenvalue weighted by molar-refractivity contribution is -0.138. The van der Waals surface area contributed by atoms with E-state index in [1.54, 1.807) is 0 Å². The molecule has 0 saturated heterocycles. The highest BCUT2D eigenvalue weighted by molar-refractivity contribution is 6.03. The maximum absolute atomic E-state index is 12.8. The number of alkyl halides is 3. The molecule has 0 fully saturated rings. The molecule has 1 aromatic rings. The number of nitrogens with one attached hydrogen (secondary N) is 1. The highest BCUT2D eigenvalue weighted by atomic mass is 19.4. The van der Waals surface area contributed by atoms with E-state index in [9.17, 15) is 18.0 Å². The fourth-order valence-corrected chi connectivity index (χ4v) is 1.52. The Balaban J connectivity index is 2.94. The van der Waals surface area contributed by atoms with Crippen molar-refractivity contribution in [1.82, 2.24) is 4.98 Å². The fourth-order valence-electron chi connectivity index (χ4n) is 1.52. The minimum absolute atomic E-state index is 0.0000730. The van der Waals surface area contributed by atoms with E-state index in [0.717, 1.165) is 18.0 Å². The lowest BCUT2D eigenvalue weighted by Crippen LogP contribution is -2.16. The Kier molecular flexibility index (Phi) is 6.06. The number of aromatic nitrogens is 1. The van der Waals surface area contributed by atoms with Crippen LogP contribution in [0.4, 0.5) is 19.0 Å². The number of halogens is 3. The van der Waals surface area contributed by atoms with Crippen molar-refractivity contribution in [3.63, 3.8) is 0 Å². The SMILES string of the molecule is CC(=N/C=C(\C)C(=O)Nc1cc(C(F)(F)F)c(C)cn1)C(C)C. The largest absolute Gasteiger partial charge is 0.416 e. The number of hydrogen-bond donors (Lipinski definition) is 1. The third-order valence-electron chi connectivity index (χ3n) is 3.31. The first-order chi connectivity index (χ1) is 10.5. The molecule has 1 N–H and O–H groups in total. The van der Waals surface area contributed by atoms with Crippen LogP contribution >= 0.6 is 0 Å². The zero-order chi connectivity index (χ0) is 17.8. The minimum atomic E-state index is -4.49. The van der Waals surface area contributed by atoms with Gasteiger partial charge in [0.05, 0.1) is 5.56 Å². The minimum Gasteiger partial charge on any atom is -0.307 e. The summed E-state index contributed by atoms with van der Waals surface area (Å²) < 4.78 is 38.5. The van der Waals surface area contributed by atoms with E-state index in [1.807, 2.05) is 20.8 Å². The monoisotopic (exact) mass is 327 g/mol. The van der Waals surface area contributed by atoms with Gasteiger partial charge in [-0.2, -0.15) is 13.2 Å². The molecule has 0 aliphatic rings. The van der Waals surface area contributed by atoms with Crippen molar-refractivity contribution in [2.45, 2.75) is 40.8 Å². The average Bonchev–Trinajstić information content (AvgIpc) is 2.44. The fraction of sp³-hybridized carbons (Fsp3) is 0.438.